The van der Waals surface area contributed by atoms with Gasteiger partial charge in [0.05, 0.1) is 10.1 Å². The Hall–Kier alpha value is -0.830. The molecule has 1 aliphatic rings. The fraction of sp³-hybridized carbons (Fsp3) is 0.400. The smallest absolute Gasteiger partial charge is 0.181 e. The maximum Gasteiger partial charge on any atom is 0.181 e. The number of sulfone groups is 1. The van der Waals surface area contributed by atoms with E-state index >= 15 is 0 Å². The number of hydrogen-bond acceptors (Lipinski definition) is 2. The molecular weight excluding hydrogens is 184 g/mol. The van der Waals surface area contributed by atoms with E-state index in [9.17, 15) is 8.42 Å². The van der Waals surface area contributed by atoms with Crippen molar-refractivity contribution in [3.05, 3.63) is 29.8 Å². The Morgan fingerprint density at radius 3 is 2.38 bits per heavy atom. The molecule has 13 heavy (non-hydrogen) atoms. The Labute approximate surface area is 78.5 Å². The molecule has 2 nitrogen and oxygen atoms in total. The van der Waals surface area contributed by atoms with Crippen molar-refractivity contribution in [2.75, 3.05) is 0 Å². The summed E-state index contributed by atoms with van der Waals surface area (Å²) in [4.78, 5) is 0.512. The van der Waals surface area contributed by atoms with Crippen molar-refractivity contribution >= 4 is 9.84 Å². The van der Waals surface area contributed by atoms with Gasteiger partial charge in [-0.3, -0.25) is 0 Å². The van der Waals surface area contributed by atoms with Crippen LogP contribution in [0.2, 0.25) is 0 Å². The van der Waals surface area contributed by atoms with Gasteiger partial charge in [-0.05, 0) is 31.4 Å². The second kappa shape index (κ2) is 2.84. The minimum atomic E-state index is -3.00. The van der Waals surface area contributed by atoms with Crippen molar-refractivity contribution in [1.82, 2.24) is 0 Å². The van der Waals surface area contributed by atoms with Gasteiger partial charge in [-0.2, -0.15) is 0 Å². The van der Waals surface area contributed by atoms with Gasteiger partial charge in [0.15, 0.2) is 9.84 Å². The van der Waals surface area contributed by atoms with Crippen molar-refractivity contribution in [1.29, 1.82) is 0 Å². The van der Waals surface area contributed by atoms with Gasteiger partial charge < -0.3 is 0 Å². The first-order valence-corrected chi connectivity index (χ1v) is 5.96. The largest absolute Gasteiger partial charge is 0.223 e. The zero-order chi connectivity index (χ0) is 9.47. The molecule has 0 radical (unpaired) electrons. The molecule has 0 saturated heterocycles. The highest BCUT2D eigenvalue weighted by Crippen LogP contribution is 2.34. The predicted octanol–water partition coefficient (Wildman–Crippen LogP) is 1.93. The van der Waals surface area contributed by atoms with E-state index in [4.69, 9.17) is 0 Å². The van der Waals surface area contributed by atoms with Gasteiger partial charge in [0.25, 0.3) is 0 Å². The third-order valence-corrected chi connectivity index (χ3v) is 4.78. The topological polar surface area (TPSA) is 34.1 Å². The third-order valence-electron chi connectivity index (χ3n) is 2.36. The quantitative estimate of drug-likeness (QED) is 0.724. The molecule has 1 saturated carbocycles. The Balaban J connectivity index is 2.51. The van der Waals surface area contributed by atoms with Crippen LogP contribution in [0.1, 0.15) is 18.4 Å². The molecule has 0 aliphatic heterocycles. The highest BCUT2D eigenvalue weighted by Gasteiger charge is 2.37. The van der Waals surface area contributed by atoms with Crippen LogP contribution in [0.25, 0.3) is 0 Å². The van der Waals surface area contributed by atoms with E-state index in [1.54, 1.807) is 12.1 Å². The van der Waals surface area contributed by atoms with Crippen LogP contribution in [0.5, 0.6) is 0 Å². The first-order chi connectivity index (χ1) is 6.12. The van der Waals surface area contributed by atoms with Crippen LogP contribution >= 0.6 is 0 Å². The molecular formula is C10H12O2S. The standard InChI is InChI=1S/C10H12O2S/c1-8-4-2-3-5-10(8)13(11,12)9-6-7-9/h2-5,9H,6-7H2,1H3. The van der Waals surface area contributed by atoms with E-state index in [2.05, 4.69) is 0 Å². The summed E-state index contributed by atoms with van der Waals surface area (Å²) in [6.07, 6.45) is 1.66. The van der Waals surface area contributed by atoms with Crippen molar-refractivity contribution in [2.45, 2.75) is 29.9 Å². The molecule has 0 atom stereocenters. The van der Waals surface area contributed by atoms with Gasteiger partial charge in [-0.15, -0.1) is 0 Å². The second-order valence-electron chi connectivity index (χ2n) is 3.51. The van der Waals surface area contributed by atoms with Crippen molar-refractivity contribution in [3.63, 3.8) is 0 Å². The molecule has 70 valence electrons. The lowest BCUT2D eigenvalue weighted by Crippen LogP contribution is -2.08. The van der Waals surface area contributed by atoms with Crippen LogP contribution in [0, 0.1) is 6.92 Å². The van der Waals surface area contributed by atoms with E-state index in [1.807, 2.05) is 19.1 Å². The summed E-state index contributed by atoms with van der Waals surface area (Å²) in [5.41, 5.74) is 0.856. The third kappa shape index (κ3) is 1.48. The Morgan fingerprint density at radius 2 is 1.85 bits per heavy atom. The first kappa shape index (κ1) is 8.75. The van der Waals surface area contributed by atoms with Gasteiger partial charge in [0.2, 0.25) is 0 Å². The fourth-order valence-electron chi connectivity index (χ4n) is 1.43. The monoisotopic (exact) mass is 196 g/mol. The summed E-state index contributed by atoms with van der Waals surface area (Å²) in [5, 5.41) is -0.103. The van der Waals surface area contributed by atoms with Gasteiger partial charge in [0.1, 0.15) is 0 Å². The van der Waals surface area contributed by atoms with E-state index in [1.165, 1.54) is 0 Å². The average Bonchev–Trinajstić information content (AvgIpc) is 2.86. The fourth-order valence-corrected chi connectivity index (χ4v) is 3.33. The van der Waals surface area contributed by atoms with Gasteiger partial charge in [0, 0.05) is 0 Å². The summed E-state index contributed by atoms with van der Waals surface area (Å²) < 4.78 is 23.6. The molecule has 0 spiro atoms. The lowest BCUT2D eigenvalue weighted by atomic mass is 10.2. The normalized spacial score (nSPS) is 17.3. The molecule has 1 aliphatic carbocycles. The molecule has 0 N–H and O–H groups in total. The van der Waals surface area contributed by atoms with Crippen LogP contribution in [-0.4, -0.2) is 13.7 Å². The molecule has 0 amide bonds. The molecule has 0 bridgehead atoms. The van der Waals surface area contributed by atoms with Crippen LogP contribution in [0.15, 0.2) is 29.2 Å². The van der Waals surface area contributed by atoms with Crippen molar-refractivity contribution < 1.29 is 8.42 Å². The van der Waals surface area contributed by atoms with E-state index in [-0.39, 0.29) is 5.25 Å². The molecule has 1 fully saturated rings. The molecule has 0 heterocycles. The van der Waals surface area contributed by atoms with Crippen LogP contribution in [-0.2, 0) is 9.84 Å². The summed E-state index contributed by atoms with van der Waals surface area (Å²) in [5.74, 6) is 0. The van der Waals surface area contributed by atoms with E-state index < -0.39 is 9.84 Å². The molecule has 0 aromatic heterocycles. The summed E-state index contributed by atoms with van der Waals surface area (Å²) >= 11 is 0. The van der Waals surface area contributed by atoms with Crippen LogP contribution < -0.4 is 0 Å². The summed E-state index contributed by atoms with van der Waals surface area (Å²) in [6, 6.07) is 7.18. The van der Waals surface area contributed by atoms with E-state index in [0.29, 0.717) is 4.90 Å². The molecule has 0 unspecified atom stereocenters. The average molecular weight is 196 g/mol. The van der Waals surface area contributed by atoms with Crippen molar-refractivity contribution in [3.8, 4) is 0 Å². The van der Waals surface area contributed by atoms with Crippen LogP contribution in [0.3, 0.4) is 0 Å². The number of benzene rings is 1. The zero-order valence-corrected chi connectivity index (χ0v) is 8.34. The summed E-state index contributed by atoms with van der Waals surface area (Å²) in [7, 11) is -3.00. The zero-order valence-electron chi connectivity index (χ0n) is 7.53. The molecule has 1 aromatic carbocycles. The Kier molecular flexibility index (Phi) is 1.91. The Bertz CT molecular complexity index is 416. The Morgan fingerprint density at radius 1 is 1.23 bits per heavy atom. The summed E-state index contributed by atoms with van der Waals surface area (Å²) in [6.45, 7) is 1.84. The van der Waals surface area contributed by atoms with Crippen LogP contribution in [0.4, 0.5) is 0 Å². The number of rotatable bonds is 2. The van der Waals surface area contributed by atoms with Gasteiger partial charge in [-0.1, -0.05) is 18.2 Å². The minimum absolute atomic E-state index is 0.103. The molecule has 1 aromatic rings. The second-order valence-corrected chi connectivity index (χ2v) is 5.71. The molecule has 2 rings (SSSR count). The lowest BCUT2D eigenvalue weighted by Gasteiger charge is -2.04. The SMILES string of the molecule is Cc1ccccc1S(=O)(=O)C1CC1. The van der Waals surface area contributed by atoms with Crippen molar-refractivity contribution in [2.24, 2.45) is 0 Å². The molecule has 3 heteroatoms. The number of hydrogen-bond donors (Lipinski definition) is 0. The van der Waals surface area contributed by atoms with Gasteiger partial charge in [-0.25, -0.2) is 8.42 Å². The predicted molar refractivity (Wildman–Crippen MR) is 51.4 cm³/mol. The maximum absolute atomic E-state index is 11.8. The highest BCUT2D eigenvalue weighted by atomic mass is 32.2. The van der Waals surface area contributed by atoms with Gasteiger partial charge >= 0.3 is 0 Å². The van der Waals surface area contributed by atoms with E-state index in [0.717, 1.165) is 18.4 Å². The highest BCUT2D eigenvalue weighted by molar-refractivity contribution is 7.92. The number of aryl methyl sites for hydroxylation is 1. The minimum Gasteiger partial charge on any atom is -0.223 e. The first-order valence-electron chi connectivity index (χ1n) is 4.42. The maximum atomic E-state index is 11.8. The lowest BCUT2D eigenvalue weighted by molar-refractivity contribution is 0.594.